The second kappa shape index (κ2) is 4.21. The molecule has 0 amide bonds. The van der Waals surface area contributed by atoms with Crippen molar-refractivity contribution in [1.29, 1.82) is 0 Å². The van der Waals surface area contributed by atoms with E-state index in [-0.39, 0.29) is 0 Å². The topological polar surface area (TPSA) is 42.2 Å². The van der Waals surface area contributed by atoms with Gasteiger partial charge in [-0.1, -0.05) is 6.42 Å². The number of anilines is 2. The van der Waals surface area contributed by atoms with Gasteiger partial charge in [0.1, 0.15) is 0 Å². The van der Waals surface area contributed by atoms with E-state index in [1.54, 1.807) is 6.20 Å². The fraction of sp³-hybridized carbons (Fsp3) is 0.643. The van der Waals surface area contributed by atoms with Gasteiger partial charge in [0.2, 0.25) is 0 Å². The molecule has 3 atom stereocenters. The predicted molar refractivity (Wildman–Crippen MR) is 70.9 cm³/mol. The van der Waals surface area contributed by atoms with Crippen molar-refractivity contribution in [1.82, 2.24) is 4.98 Å². The van der Waals surface area contributed by atoms with Gasteiger partial charge < -0.3 is 10.6 Å². The van der Waals surface area contributed by atoms with Gasteiger partial charge in [-0.25, -0.2) is 0 Å². The number of hydrogen-bond acceptors (Lipinski definition) is 3. The second-order valence-electron chi connectivity index (χ2n) is 5.75. The molecule has 2 aliphatic rings. The van der Waals surface area contributed by atoms with E-state index in [2.05, 4.69) is 16.9 Å². The zero-order valence-electron chi connectivity index (χ0n) is 10.5. The van der Waals surface area contributed by atoms with E-state index >= 15 is 0 Å². The third-order valence-corrected chi connectivity index (χ3v) is 4.63. The van der Waals surface area contributed by atoms with Gasteiger partial charge in [0.05, 0.1) is 17.6 Å². The lowest BCUT2D eigenvalue weighted by Gasteiger charge is -2.29. The van der Waals surface area contributed by atoms with Crippen LogP contribution in [0, 0.1) is 17.8 Å². The summed E-state index contributed by atoms with van der Waals surface area (Å²) in [5, 5.41) is 0. The van der Waals surface area contributed by atoms with Gasteiger partial charge in [-0.3, -0.25) is 4.98 Å². The Balaban J connectivity index is 1.68. The Kier molecular flexibility index (Phi) is 2.69. The lowest BCUT2D eigenvalue weighted by atomic mass is 9.88. The number of nitrogens with two attached hydrogens (primary N) is 1. The van der Waals surface area contributed by atoms with Gasteiger partial charge >= 0.3 is 0 Å². The minimum atomic E-state index is 0.790. The van der Waals surface area contributed by atoms with Crippen LogP contribution in [-0.2, 0) is 0 Å². The molecule has 0 aliphatic heterocycles. The molecule has 3 unspecified atom stereocenters. The van der Waals surface area contributed by atoms with Gasteiger partial charge in [0.25, 0.3) is 0 Å². The maximum atomic E-state index is 5.97. The molecule has 3 rings (SSSR count). The van der Waals surface area contributed by atoms with Crippen LogP contribution >= 0.6 is 0 Å². The van der Waals surface area contributed by atoms with Gasteiger partial charge in [0.15, 0.2) is 0 Å². The highest BCUT2D eigenvalue weighted by Gasteiger charge is 2.39. The summed E-state index contributed by atoms with van der Waals surface area (Å²) in [6, 6.07) is 2.02. The molecule has 2 bridgehead atoms. The second-order valence-corrected chi connectivity index (χ2v) is 5.75. The predicted octanol–water partition coefficient (Wildman–Crippen LogP) is 2.54. The van der Waals surface area contributed by atoms with Crippen LogP contribution in [0.3, 0.4) is 0 Å². The number of aromatic nitrogens is 1. The fourth-order valence-corrected chi connectivity index (χ4v) is 3.80. The van der Waals surface area contributed by atoms with Gasteiger partial charge in [-0.2, -0.15) is 0 Å². The van der Waals surface area contributed by atoms with Crippen molar-refractivity contribution in [2.75, 3.05) is 24.2 Å². The zero-order valence-corrected chi connectivity index (χ0v) is 10.5. The maximum absolute atomic E-state index is 5.97. The smallest absolute Gasteiger partial charge is 0.0738 e. The van der Waals surface area contributed by atoms with Crippen LogP contribution in [-0.4, -0.2) is 18.6 Å². The summed E-state index contributed by atoms with van der Waals surface area (Å²) >= 11 is 0. The van der Waals surface area contributed by atoms with Gasteiger partial charge in [-0.15, -0.1) is 0 Å². The Hall–Kier alpha value is -1.25. The van der Waals surface area contributed by atoms with Crippen LogP contribution in [0.5, 0.6) is 0 Å². The summed E-state index contributed by atoms with van der Waals surface area (Å²) in [4.78, 5) is 6.35. The molecule has 2 saturated carbocycles. The van der Waals surface area contributed by atoms with E-state index in [0.717, 1.165) is 35.7 Å². The van der Waals surface area contributed by atoms with Crippen molar-refractivity contribution in [2.24, 2.45) is 17.8 Å². The lowest BCUT2D eigenvalue weighted by molar-refractivity contribution is 0.337. The van der Waals surface area contributed by atoms with Crippen molar-refractivity contribution >= 4 is 11.4 Å². The van der Waals surface area contributed by atoms with Crippen molar-refractivity contribution < 1.29 is 0 Å². The Morgan fingerprint density at radius 3 is 2.94 bits per heavy atom. The molecule has 92 valence electrons. The van der Waals surface area contributed by atoms with Crippen LogP contribution in [0.15, 0.2) is 18.5 Å². The molecule has 1 aromatic heterocycles. The minimum absolute atomic E-state index is 0.790. The summed E-state index contributed by atoms with van der Waals surface area (Å²) in [5.74, 6) is 2.88. The maximum Gasteiger partial charge on any atom is 0.0738 e. The Bertz CT molecular complexity index is 404. The molecular formula is C14H21N3. The molecule has 0 saturated heterocycles. The van der Waals surface area contributed by atoms with Gasteiger partial charge in [0, 0.05) is 19.8 Å². The summed E-state index contributed by atoms with van der Waals surface area (Å²) in [6.07, 6.45) is 9.40. The molecule has 17 heavy (non-hydrogen) atoms. The van der Waals surface area contributed by atoms with E-state index < -0.39 is 0 Å². The molecule has 0 spiro atoms. The highest BCUT2D eigenvalue weighted by Crippen LogP contribution is 2.48. The molecule has 2 aliphatic carbocycles. The molecular weight excluding hydrogens is 210 g/mol. The number of hydrogen-bond donors (Lipinski definition) is 1. The molecule has 2 N–H and O–H groups in total. The number of rotatable bonds is 3. The Morgan fingerprint density at radius 1 is 1.41 bits per heavy atom. The highest BCUT2D eigenvalue weighted by molar-refractivity contribution is 5.65. The first-order valence-electron chi connectivity index (χ1n) is 6.64. The standard InChI is InChI=1S/C14H21N3/c1-17(14-4-5-16-8-13(14)15)9-12-7-10-2-3-11(12)6-10/h4-5,8,10-12H,2-3,6-7,9,15H2,1H3. The van der Waals surface area contributed by atoms with Crippen LogP contribution in [0.1, 0.15) is 25.7 Å². The molecule has 1 aromatic rings. The Morgan fingerprint density at radius 2 is 2.29 bits per heavy atom. The normalized spacial score (nSPS) is 30.8. The largest absolute Gasteiger partial charge is 0.396 e. The average molecular weight is 231 g/mol. The lowest BCUT2D eigenvalue weighted by Crippen LogP contribution is -2.29. The zero-order chi connectivity index (χ0) is 11.8. The number of fused-ring (bicyclic) bond motifs is 2. The molecule has 1 heterocycles. The number of nitrogens with zero attached hydrogens (tertiary/aromatic N) is 2. The number of pyridine rings is 1. The van der Waals surface area contributed by atoms with Crippen molar-refractivity contribution in [3.63, 3.8) is 0 Å². The van der Waals surface area contributed by atoms with Gasteiger partial charge in [-0.05, 0) is 43.1 Å². The highest BCUT2D eigenvalue weighted by atomic mass is 15.1. The summed E-state index contributed by atoms with van der Waals surface area (Å²) in [6.45, 7) is 1.15. The quantitative estimate of drug-likeness (QED) is 0.869. The average Bonchev–Trinajstić information content (AvgIpc) is 2.91. The molecule has 3 nitrogen and oxygen atoms in total. The van der Waals surface area contributed by atoms with Crippen molar-refractivity contribution in [3.8, 4) is 0 Å². The summed E-state index contributed by atoms with van der Waals surface area (Å²) in [5.41, 5.74) is 7.89. The molecule has 2 fully saturated rings. The molecule has 0 aromatic carbocycles. The van der Waals surface area contributed by atoms with E-state index in [1.165, 1.54) is 25.7 Å². The first-order valence-corrected chi connectivity index (χ1v) is 6.64. The first-order chi connectivity index (χ1) is 8.24. The number of nitrogen functional groups attached to an aromatic ring is 1. The van der Waals surface area contributed by atoms with Crippen LogP contribution in [0.25, 0.3) is 0 Å². The van der Waals surface area contributed by atoms with Crippen LogP contribution < -0.4 is 10.6 Å². The minimum Gasteiger partial charge on any atom is -0.396 e. The summed E-state index contributed by atoms with van der Waals surface area (Å²) in [7, 11) is 2.15. The molecule has 3 heteroatoms. The van der Waals surface area contributed by atoms with E-state index in [9.17, 15) is 0 Å². The van der Waals surface area contributed by atoms with E-state index in [4.69, 9.17) is 5.73 Å². The van der Waals surface area contributed by atoms with Crippen LogP contribution in [0.2, 0.25) is 0 Å². The Labute approximate surface area is 103 Å². The van der Waals surface area contributed by atoms with Crippen LogP contribution in [0.4, 0.5) is 11.4 Å². The third-order valence-electron chi connectivity index (χ3n) is 4.63. The first kappa shape index (κ1) is 10.9. The molecule has 0 radical (unpaired) electrons. The van der Waals surface area contributed by atoms with E-state index in [1.807, 2.05) is 12.3 Å². The SMILES string of the molecule is CN(CC1CC2CCC1C2)c1ccncc1N. The van der Waals surface area contributed by atoms with E-state index in [0.29, 0.717) is 0 Å². The van der Waals surface area contributed by atoms with Crippen molar-refractivity contribution in [2.45, 2.75) is 25.7 Å². The fourth-order valence-electron chi connectivity index (χ4n) is 3.80. The van der Waals surface area contributed by atoms with Crippen molar-refractivity contribution in [3.05, 3.63) is 18.5 Å². The third kappa shape index (κ3) is 1.99. The summed E-state index contributed by atoms with van der Waals surface area (Å²) < 4.78 is 0. The monoisotopic (exact) mass is 231 g/mol.